The fraction of sp³-hybridized carbons (Fsp3) is 0.571. The van der Waals surface area contributed by atoms with Gasteiger partial charge in [0.25, 0.3) is 0 Å². The predicted octanol–water partition coefficient (Wildman–Crippen LogP) is 1.29. The van der Waals surface area contributed by atoms with Crippen molar-refractivity contribution in [3.05, 3.63) is 22.7 Å². The first-order chi connectivity index (χ1) is 10.1. The molecule has 2 aromatic heterocycles. The van der Waals surface area contributed by atoms with Gasteiger partial charge in [-0.3, -0.25) is 4.90 Å². The van der Waals surface area contributed by atoms with Crippen molar-refractivity contribution in [1.29, 1.82) is 0 Å². The molecule has 3 heterocycles. The molecule has 0 aliphatic carbocycles. The zero-order chi connectivity index (χ0) is 14.8. The second-order valence-electron chi connectivity index (χ2n) is 5.76. The Bertz CT molecular complexity index is 569. The van der Waals surface area contributed by atoms with E-state index in [9.17, 15) is 5.11 Å². The summed E-state index contributed by atoms with van der Waals surface area (Å²) in [6.45, 7) is 2.17. The Morgan fingerprint density at radius 2 is 2.38 bits per heavy atom. The van der Waals surface area contributed by atoms with Gasteiger partial charge in [0.1, 0.15) is 0 Å². The third kappa shape index (κ3) is 3.49. The van der Waals surface area contributed by atoms with Crippen LogP contribution in [0.25, 0.3) is 11.4 Å². The smallest absolute Gasteiger partial charge is 0.241 e. The van der Waals surface area contributed by atoms with Crippen molar-refractivity contribution in [3.63, 3.8) is 0 Å². The highest BCUT2D eigenvalue weighted by molar-refractivity contribution is 7.08. The highest BCUT2D eigenvalue weighted by atomic mass is 32.1. The molecule has 0 bridgehead atoms. The van der Waals surface area contributed by atoms with Crippen LogP contribution in [-0.4, -0.2) is 64.4 Å². The van der Waals surface area contributed by atoms with Crippen molar-refractivity contribution in [3.8, 4) is 11.4 Å². The second-order valence-corrected chi connectivity index (χ2v) is 6.54. The van der Waals surface area contributed by atoms with E-state index in [0.717, 1.165) is 18.5 Å². The molecule has 0 amide bonds. The van der Waals surface area contributed by atoms with Gasteiger partial charge in [0, 0.05) is 30.1 Å². The summed E-state index contributed by atoms with van der Waals surface area (Å²) in [6.07, 6.45) is 0.526. The maximum absolute atomic E-state index is 9.89. The quantitative estimate of drug-likeness (QED) is 0.898. The lowest BCUT2D eigenvalue weighted by atomic mass is 10.2. The summed E-state index contributed by atoms with van der Waals surface area (Å²) in [4.78, 5) is 8.80. The van der Waals surface area contributed by atoms with E-state index in [0.29, 0.717) is 30.8 Å². The van der Waals surface area contributed by atoms with Gasteiger partial charge in [-0.2, -0.15) is 16.3 Å². The molecule has 1 saturated heterocycles. The molecule has 1 aliphatic heterocycles. The van der Waals surface area contributed by atoms with Gasteiger partial charge in [-0.05, 0) is 32.0 Å². The molecular formula is C14H20N4O2S. The van der Waals surface area contributed by atoms with Crippen LogP contribution in [0.3, 0.4) is 0 Å². The molecule has 0 saturated carbocycles. The molecule has 7 heteroatoms. The lowest BCUT2D eigenvalue weighted by Gasteiger charge is -2.25. The molecule has 21 heavy (non-hydrogen) atoms. The van der Waals surface area contributed by atoms with E-state index in [1.54, 1.807) is 11.3 Å². The third-order valence-corrected chi connectivity index (χ3v) is 4.35. The van der Waals surface area contributed by atoms with E-state index in [1.165, 1.54) is 0 Å². The zero-order valence-electron chi connectivity index (χ0n) is 12.3. The number of nitrogens with zero attached hydrogens (tertiary/aromatic N) is 4. The number of hydrogen-bond donors (Lipinski definition) is 1. The molecule has 114 valence electrons. The Morgan fingerprint density at radius 3 is 3.10 bits per heavy atom. The van der Waals surface area contributed by atoms with Crippen molar-refractivity contribution >= 4 is 11.3 Å². The number of rotatable bonds is 5. The Balaban J connectivity index is 1.68. The molecule has 0 aromatic carbocycles. The topological polar surface area (TPSA) is 65.6 Å². The first-order valence-corrected chi connectivity index (χ1v) is 7.98. The van der Waals surface area contributed by atoms with E-state index in [-0.39, 0.29) is 6.10 Å². The largest absolute Gasteiger partial charge is 0.392 e. The van der Waals surface area contributed by atoms with Gasteiger partial charge < -0.3 is 14.5 Å². The first-order valence-electron chi connectivity index (χ1n) is 7.04. The second kappa shape index (κ2) is 6.23. The molecule has 0 spiro atoms. The monoisotopic (exact) mass is 308 g/mol. The Morgan fingerprint density at radius 1 is 1.52 bits per heavy atom. The van der Waals surface area contributed by atoms with Crippen LogP contribution in [0.1, 0.15) is 12.3 Å². The van der Waals surface area contributed by atoms with Crippen molar-refractivity contribution < 1.29 is 9.63 Å². The number of thiophene rings is 1. The van der Waals surface area contributed by atoms with Gasteiger partial charge in [0.15, 0.2) is 0 Å². The summed E-state index contributed by atoms with van der Waals surface area (Å²) in [5.74, 6) is 1.24. The minimum absolute atomic E-state index is 0.269. The Hall–Kier alpha value is -1.28. The highest BCUT2D eigenvalue weighted by Gasteiger charge is 2.32. The van der Waals surface area contributed by atoms with Gasteiger partial charge in [-0.15, -0.1) is 0 Å². The summed E-state index contributed by atoms with van der Waals surface area (Å²) >= 11 is 1.61. The van der Waals surface area contributed by atoms with Crippen molar-refractivity contribution in [2.75, 3.05) is 27.2 Å². The maximum atomic E-state index is 9.89. The average Bonchev–Trinajstić information content (AvgIpc) is 3.11. The molecule has 2 atom stereocenters. The lowest BCUT2D eigenvalue weighted by molar-refractivity contribution is 0.158. The normalized spacial score (nSPS) is 23.2. The maximum Gasteiger partial charge on any atom is 0.241 e. The van der Waals surface area contributed by atoms with E-state index in [2.05, 4.69) is 19.9 Å². The van der Waals surface area contributed by atoms with Crippen LogP contribution in [0.15, 0.2) is 21.3 Å². The summed E-state index contributed by atoms with van der Waals surface area (Å²) in [5.41, 5.74) is 0.987. The third-order valence-electron chi connectivity index (χ3n) is 3.67. The first kappa shape index (κ1) is 14.6. The number of likely N-dealkylation sites (N-methyl/N-ethyl adjacent to an activating group) is 1. The number of hydrogen-bond acceptors (Lipinski definition) is 7. The summed E-state index contributed by atoms with van der Waals surface area (Å²) < 4.78 is 5.35. The standard InChI is InChI=1S/C14H20N4O2S/c1-17(2)6-11-5-12(19)7-18(11)8-13-15-14(16-20-13)10-3-4-21-9-10/h3-4,9,11-12,19H,5-8H2,1-2H3. The minimum Gasteiger partial charge on any atom is -0.392 e. The minimum atomic E-state index is -0.269. The zero-order valence-corrected chi connectivity index (χ0v) is 13.1. The number of aromatic nitrogens is 2. The molecule has 1 N–H and O–H groups in total. The van der Waals surface area contributed by atoms with Crippen molar-refractivity contribution in [2.24, 2.45) is 0 Å². The van der Waals surface area contributed by atoms with Gasteiger partial charge in [0.2, 0.25) is 11.7 Å². The van der Waals surface area contributed by atoms with E-state index >= 15 is 0 Å². The van der Waals surface area contributed by atoms with Crippen LogP contribution >= 0.6 is 11.3 Å². The summed E-state index contributed by atoms with van der Waals surface area (Å²) in [7, 11) is 4.09. The number of aliphatic hydroxyl groups is 1. The molecule has 2 aromatic rings. The molecule has 6 nitrogen and oxygen atoms in total. The van der Waals surface area contributed by atoms with Crippen LogP contribution in [0.2, 0.25) is 0 Å². The highest BCUT2D eigenvalue weighted by Crippen LogP contribution is 2.23. The Labute approximate surface area is 128 Å². The average molecular weight is 308 g/mol. The molecular weight excluding hydrogens is 288 g/mol. The molecule has 3 rings (SSSR count). The van der Waals surface area contributed by atoms with Crippen LogP contribution in [0, 0.1) is 0 Å². The van der Waals surface area contributed by atoms with Gasteiger partial charge in [-0.1, -0.05) is 5.16 Å². The molecule has 2 unspecified atom stereocenters. The number of aliphatic hydroxyl groups excluding tert-OH is 1. The Kier molecular flexibility index (Phi) is 4.34. The van der Waals surface area contributed by atoms with Crippen LogP contribution in [0.4, 0.5) is 0 Å². The van der Waals surface area contributed by atoms with E-state index < -0.39 is 0 Å². The SMILES string of the molecule is CN(C)CC1CC(O)CN1Cc1nc(-c2ccsc2)no1. The lowest BCUT2D eigenvalue weighted by Crippen LogP contribution is -2.37. The summed E-state index contributed by atoms with van der Waals surface area (Å²) in [6, 6.07) is 2.31. The fourth-order valence-electron chi connectivity index (χ4n) is 2.76. The number of likely N-dealkylation sites (tertiary alicyclic amines) is 1. The van der Waals surface area contributed by atoms with E-state index in [4.69, 9.17) is 4.52 Å². The number of β-amino-alcohol motifs (C(OH)–C–C–N with tert-alkyl or cyclic N) is 1. The fourth-order valence-corrected chi connectivity index (χ4v) is 3.40. The van der Waals surface area contributed by atoms with Crippen LogP contribution < -0.4 is 0 Å². The molecule has 1 fully saturated rings. The van der Waals surface area contributed by atoms with Gasteiger partial charge in [0.05, 0.1) is 12.6 Å². The van der Waals surface area contributed by atoms with E-state index in [1.807, 2.05) is 30.9 Å². The van der Waals surface area contributed by atoms with Crippen LogP contribution in [-0.2, 0) is 6.54 Å². The van der Waals surface area contributed by atoms with Crippen LogP contribution in [0.5, 0.6) is 0 Å². The van der Waals surface area contributed by atoms with Crippen molar-refractivity contribution in [2.45, 2.75) is 25.1 Å². The van der Waals surface area contributed by atoms with Crippen molar-refractivity contribution in [1.82, 2.24) is 19.9 Å². The summed E-state index contributed by atoms with van der Waals surface area (Å²) in [5, 5.41) is 17.9. The predicted molar refractivity (Wildman–Crippen MR) is 81.0 cm³/mol. The van der Waals surface area contributed by atoms with Gasteiger partial charge in [-0.25, -0.2) is 0 Å². The molecule has 0 radical (unpaired) electrons. The van der Waals surface area contributed by atoms with Gasteiger partial charge >= 0.3 is 0 Å². The molecule has 1 aliphatic rings.